The molecule has 3 rings (SSSR count). The molecule has 3 amide bonds. The number of carboxylic acid groups (broad SMARTS) is 2. The highest BCUT2D eigenvalue weighted by Gasteiger charge is 2.31. The summed E-state index contributed by atoms with van der Waals surface area (Å²) in [5.74, 6) is -4.95. The van der Waals surface area contributed by atoms with Gasteiger partial charge in [-0.3, -0.25) is 19.2 Å². The van der Waals surface area contributed by atoms with Crippen LogP contribution in [-0.2, 0) is 43.2 Å². The molecule has 3 aromatic rings. The SMILES string of the molecule is NC(Cc1cnc[nH]1)C(=O)NC(Cc1ccccc1)C(=O)NC(CCC(=O)O)C(=O)NC(Cc1ccc(O)cc1)C(=O)O. The van der Waals surface area contributed by atoms with E-state index in [-0.39, 0.29) is 31.4 Å². The lowest BCUT2D eigenvalue weighted by atomic mass is 10.0. The minimum Gasteiger partial charge on any atom is -0.508 e. The lowest BCUT2D eigenvalue weighted by Gasteiger charge is -2.25. The van der Waals surface area contributed by atoms with Crippen LogP contribution in [0, 0.1) is 0 Å². The largest absolute Gasteiger partial charge is 0.508 e. The lowest BCUT2D eigenvalue weighted by molar-refractivity contribution is -0.143. The van der Waals surface area contributed by atoms with E-state index in [1.54, 1.807) is 30.3 Å². The van der Waals surface area contributed by atoms with Crippen molar-refractivity contribution in [2.45, 2.75) is 56.3 Å². The van der Waals surface area contributed by atoms with Crippen LogP contribution in [-0.4, -0.2) is 79.1 Å². The van der Waals surface area contributed by atoms with Gasteiger partial charge >= 0.3 is 11.9 Å². The van der Waals surface area contributed by atoms with E-state index < -0.39 is 60.2 Å². The number of nitrogens with zero attached hydrogens (tertiary/aromatic N) is 1. The van der Waals surface area contributed by atoms with Crippen LogP contribution in [0.25, 0.3) is 0 Å². The van der Waals surface area contributed by atoms with Crippen LogP contribution in [0.3, 0.4) is 0 Å². The molecule has 9 N–H and O–H groups in total. The molecular weight excluding hydrogens is 560 g/mol. The van der Waals surface area contributed by atoms with E-state index in [9.17, 15) is 39.3 Å². The van der Waals surface area contributed by atoms with Crippen LogP contribution in [0.1, 0.15) is 29.7 Å². The third-order valence-corrected chi connectivity index (χ3v) is 6.52. The van der Waals surface area contributed by atoms with Crippen molar-refractivity contribution in [2.24, 2.45) is 5.73 Å². The number of H-pyrrole nitrogens is 1. The average molecular weight is 595 g/mol. The molecule has 4 atom stereocenters. The molecule has 2 aromatic carbocycles. The van der Waals surface area contributed by atoms with Crippen molar-refractivity contribution in [3.63, 3.8) is 0 Å². The first kappa shape index (κ1) is 32.3. The summed E-state index contributed by atoms with van der Waals surface area (Å²) in [4.78, 5) is 69.6. The molecule has 14 heteroatoms. The molecule has 0 spiro atoms. The van der Waals surface area contributed by atoms with Crippen LogP contribution in [0.5, 0.6) is 5.75 Å². The molecule has 14 nitrogen and oxygen atoms in total. The number of hydrogen-bond acceptors (Lipinski definition) is 8. The van der Waals surface area contributed by atoms with Gasteiger partial charge in [0.15, 0.2) is 0 Å². The van der Waals surface area contributed by atoms with Crippen LogP contribution in [0.4, 0.5) is 0 Å². The molecule has 228 valence electrons. The number of carbonyl (C=O) groups excluding carboxylic acids is 3. The zero-order chi connectivity index (χ0) is 31.4. The smallest absolute Gasteiger partial charge is 0.326 e. The van der Waals surface area contributed by atoms with Crippen molar-refractivity contribution in [3.8, 4) is 5.75 Å². The van der Waals surface area contributed by atoms with Crippen LogP contribution < -0.4 is 21.7 Å². The molecule has 43 heavy (non-hydrogen) atoms. The Morgan fingerprint density at radius 3 is 1.95 bits per heavy atom. The van der Waals surface area contributed by atoms with Crippen molar-refractivity contribution in [3.05, 3.63) is 83.9 Å². The maximum atomic E-state index is 13.5. The second-order valence-electron chi connectivity index (χ2n) is 9.90. The Morgan fingerprint density at radius 2 is 1.35 bits per heavy atom. The molecule has 0 saturated heterocycles. The van der Waals surface area contributed by atoms with Gasteiger partial charge in [-0.1, -0.05) is 42.5 Å². The molecule has 0 fully saturated rings. The second-order valence-corrected chi connectivity index (χ2v) is 9.90. The molecule has 0 aliphatic carbocycles. The highest BCUT2D eigenvalue weighted by molar-refractivity contribution is 5.94. The predicted octanol–water partition coefficient (Wildman–Crippen LogP) is -0.126. The first-order valence-corrected chi connectivity index (χ1v) is 13.4. The van der Waals surface area contributed by atoms with Crippen LogP contribution >= 0.6 is 0 Å². The molecule has 4 unspecified atom stereocenters. The van der Waals surface area contributed by atoms with Gasteiger partial charge in [-0.15, -0.1) is 0 Å². The Balaban J connectivity index is 1.77. The number of benzene rings is 2. The summed E-state index contributed by atoms with van der Waals surface area (Å²) < 4.78 is 0. The zero-order valence-corrected chi connectivity index (χ0v) is 23.1. The minimum atomic E-state index is -1.43. The quantitative estimate of drug-likeness (QED) is 0.109. The fourth-order valence-corrected chi connectivity index (χ4v) is 4.21. The van der Waals surface area contributed by atoms with E-state index in [4.69, 9.17) is 5.73 Å². The number of imidazole rings is 1. The Kier molecular flexibility index (Phi) is 11.8. The standard InChI is InChI=1S/C29H34N6O8/c30-21(14-19-15-31-16-32-19)26(39)34-23(12-17-4-2-1-3-5-17)28(41)33-22(10-11-25(37)38)27(40)35-24(29(42)43)13-18-6-8-20(36)9-7-18/h1-9,15-16,21-24,36H,10-14,30H2,(H,31,32)(H,33,41)(H,34,39)(H,35,40)(H,37,38)(H,42,43). The van der Waals surface area contributed by atoms with Gasteiger partial charge in [0.25, 0.3) is 0 Å². The average Bonchev–Trinajstić information content (AvgIpc) is 3.48. The normalized spacial score (nSPS) is 13.6. The number of aromatic amines is 1. The van der Waals surface area contributed by atoms with Crippen molar-refractivity contribution in [2.75, 3.05) is 0 Å². The number of amides is 3. The predicted molar refractivity (Wildman–Crippen MR) is 153 cm³/mol. The molecule has 0 aliphatic rings. The number of hydrogen-bond donors (Lipinski definition) is 8. The van der Waals surface area contributed by atoms with E-state index in [1.807, 2.05) is 0 Å². The molecule has 1 heterocycles. The van der Waals surface area contributed by atoms with E-state index in [1.165, 1.54) is 36.8 Å². The van der Waals surface area contributed by atoms with Crippen molar-refractivity contribution in [1.29, 1.82) is 0 Å². The number of aromatic hydroxyl groups is 1. The number of carbonyl (C=O) groups is 5. The lowest BCUT2D eigenvalue weighted by Crippen LogP contribution is -2.58. The summed E-state index contributed by atoms with van der Waals surface area (Å²) in [6.45, 7) is 0. The highest BCUT2D eigenvalue weighted by atomic mass is 16.4. The number of nitrogens with two attached hydrogens (primary N) is 1. The minimum absolute atomic E-state index is 0.0180. The highest BCUT2D eigenvalue weighted by Crippen LogP contribution is 2.12. The number of carboxylic acids is 2. The summed E-state index contributed by atoms with van der Waals surface area (Å²) >= 11 is 0. The van der Waals surface area contributed by atoms with Crippen molar-refractivity contribution in [1.82, 2.24) is 25.9 Å². The summed E-state index contributed by atoms with van der Waals surface area (Å²) in [7, 11) is 0. The second kappa shape index (κ2) is 15.7. The third kappa shape index (κ3) is 10.6. The Hall–Kier alpha value is -5.24. The molecule has 1 aromatic heterocycles. The van der Waals surface area contributed by atoms with Gasteiger partial charge in [-0.05, 0) is 29.7 Å². The topological polar surface area (TPSA) is 237 Å². The summed E-state index contributed by atoms with van der Waals surface area (Å²) in [6, 6.07) is 9.41. The maximum absolute atomic E-state index is 13.5. The number of rotatable bonds is 16. The summed E-state index contributed by atoms with van der Waals surface area (Å²) in [5, 5.41) is 35.8. The fraction of sp³-hybridized carbons (Fsp3) is 0.310. The number of nitrogens with one attached hydrogen (secondary N) is 4. The molecule has 0 saturated carbocycles. The Morgan fingerprint density at radius 1 is 0.767 bits per heavy atom. The summed E-state index contributed by atoms with van der Waals surface area (Å²) in [5.41, 5.74) is 7.85. The molecule has 0 aliphatic heterocycles. The van der Waals surface area contributed by atoms with Gasteiger partial charge in [-0.25, -0.2) is 9.78 Å². The monoisotopic (exact) mass is 594 g/mol. The zero-order valence-electron chi connectivity index (χ0n) is 23.1. The van der Waals surface area contributed by atoms with E-state index in [0.717, 1.165) is 0 Å². The van der Waals surface area contributed by atoms with E-state index in [0.29, 0.717) is 16.8 Å². The van der Waals surface area contributed by atoms with Gasteiger partial charge in [-0.2, -0.15) is 0 Å². The van der Waals surface area contributed by atoms with Gasteiger partial charge in [0.2, 0.25) is 17.7 Å². The van der Waals surface area contributed by atoms with Gasteiger partial charge in [0.1, 0.15) is 23.9 Å². The van der Waals surface area contributed by atoms with Gasteiger partial charge in [0.05, 0.1) is 12.4 Å². The number of phenolic OH excluding ortho intramolecular Hbond substituents is 1. The maximum Gasteiger partial charge on any atom is 0.326 e. The van der Waals surface area contributed by atoms with Gasteiger partial charge in [0, 0.05) is 37.6 Å². The fourth-order valence-electron chi connectivity index (χ4n) is 4.21. The van der Waals surface area contributed by atoms with Gasteiger partial charge < -0.3 is 42.0 Å². The molecule has 0 bridgehead atoms. The number of phenols is 1. The van der Waals surface area contributed by atoms with Crippen LogP contribution in [0.2, 0.25) is 0 Å². The molecular formula is C29H34N6O8. The van der Waals surface area contributed by atoms with E-state index in [2.05, 4.69) is 25.9 Å². The molecule has 0 radical (unpaired) electrons. The van der Waals surface area contributed by atoms with Crippen molar-refractivity contribution >= 4 is 29.7 Å². The van der Waals surface area contributed by atoms with Crippen molar-refractivity contribution < 1.29 is 39.3 Å². The Labute approximate surface area is 246 Å². The number of aliphatic carboxylic acids is 2. The first-order valence-electron chi connectivity index (χ1n) is 13.4. The summed E-state index contributed by atoms with van der Waals surface area (Å²) in [6.07, 6.45) is 2.12. The third-order valence-electron chi connectivity index (χ3n) is 6.52. The first-order chi connectivity index (χ1) is 20.5. The van der Waals surface area contributed by atoms with Crippen LogP contribution in [0.15, 0.2) is 67.1 Å². The Bertz CT molecular complexity index is 1380. The van der Waals surface area contributed by atoms with E-state index >= 15 is 0 Å². The number of aromatic nitrogens is 2.